The van der Waals surface area contributed by atoms with Gasteiger partial charge in [0.2, 0.25) is 0 Å². The highest BCUT2D eigenvalue weighted by molar-refractivity contribution is 6.10. The van der Waals surface area contributed by atoms with E-state index in [1.807, 2.05) is 6.08 Å². The molecule has 0 spiro atoms. The first-order valence-corrected chi connectivity index (χ1v) is 15.7. The van der Waals surface area contributed by atoms with Crippen LogP contribution >= 0.6 is 0 Å². The molecule has 9 rings (SSSR count). The molecule has 2 heteroatoms. The average molecular weight is 587 g/mol. The Morgan fingerprint density at radius 3 is 1.00 bits per heavy atom. The van der Waals surface area contributed by atoms with Crippen LogP contribution in [-0.2, 0) is 0 Å². The predicted octanol–water partition coefficient (Wildman–Crippen LogP) is 11.9. The fraction of sp³-hybridized carbons (Fsp3) is 0. The summed E-state index contributed by atoms with van der Waals surface area (Å²) in [6.45, 7) is 4.25. The van der Waals surface area contributed by atoms with Crippen molar-refractivity contribution in [2.75, 3.05) is 0 Å². The van der Waals surface area contributed by atoms with Gasteiger partial charge in [0.25, 0.3) is 0 Å². The van der Waals surface area contributed by atoms with Crippen molar-refractivity contribution in [3.05, 3.63) is 176 Å². The molecule has 216 valence electrons. The number of rotatable bonds is 5. The number of aromatic nitrogens is 2. The highest BCUT2D eigenvalue weighted by atomic mass is 15.0. The Morgan fingerprint density at radius 1 is 0.348 bits per heavy atom. The Balaban J connectivity index is 1.11. The zero-order chi connectivity index (χ0) is 30.6. The third kappa shape index (κ3) is 3.97. The zero-order valence-electron chi connectivity index (χ0n) is 25.3. The van der Waals surface area contributed by atoms with Gasteiger partial charge in [-0.3, -0.25) is 0 Å². The number of benzene rings is 7. The van der Waals surface area contributed by atoms with Crippen LogP contribution in [0.5, 0.6) is 0 Å². The van der Waals surface area contributed by atoms with Gasteiger partial charge in [-0.2, -0.15) is 0 Å². The Kier molecular flexibility index (Phi) is 6.00. The fourth-order valence-electron chi connectivity index (χ4n) is 7.27. The van der Waals surface area contributed by atoms with Crippen molar-refractivity contribution < 1.29 is 0 Å². The molecule has 0 aliphatic heterocycles. The van der Waals surface area contributed by atoms with Crippen LogP contribution in [0.15, 0.2) is 170 Å². The van der Waals surface area contributed by atoms with E-state index in [9.17, 15) is 0 Å². The molecule has 0 aliphatic carbocycles. The van der Waals surface area contributed by atoms with E-state index in [2.05, 4.69) is 180 Å². The van der Waals surface area contributed by atoms with Crippen LogP contribution in [0.25, 0.3) is 83.3 Å². The monoisotopic (exact) mass is 586 g/mol. The van der Waals surface area contributed by atoms with Gasteiger partial charge in [0.1, 0.15) is 0 Å². The summed E-state index contributed by atoms with van der Waals surface area (Å²) in [6.07, 6.45) is 1.99. The molecule has 0 aliphatic rings. The first kappa shape index (κ1) is 26.3. The van der Waals surface area contributed by atoms with Gasteiger partial charge in [-0.1, -0.05) is 128 Å². The van der Waals surface area contributed by atoms with Gasteiger partial charge in [0.05, 0.1) is 22.1 Å². The van der Waals surface area contributed by atoms with Gasteiger partial charge in [0.15, 0.2) is 0 Å². The summed E-state index contributed by atoms with van der Waals surface area (Å²) in [6, 6.07) is 59.0. The van der Waals surface area contributed by atoms with Crippen LogP contribution in [0.1, 0.15) is 5.56 Å². The molecule has 0 atom stereocenters. The van der Waals surface area contributed by atoms with Crippen molar-refractivity contribution in [1.82, 2.24) is 9.13 Å². The second kappa shape index (κ2) is 10.5. The summed E-state index contributed by atoms with van der Waals surface area (Å²) >= 11 is 0. The minimum Gasteiger partial charge on any atom is -0.309 e. The lowest BCUT2D eigenvalue weighted by atomic mass is 9.91. The van der Waals surface area contributed by atoms with E-state index >= 15 is 0 Å². The summed E-state index contributed by atoms with van der Waals surface area (Å²) in [4.78, 5) is 0. The van der Waals surface area contributed by atoms with E-state index in [0.29, 0.717) is 0 Å². The molecule has 2 aromatic heterocycles. The molecule has 46 heavy (non-hydrogen) atoms. The Bertz CT molecular complexity index is 2300. The Labute approximate surface area is 267 Å². The highest BCUT2D eigenvalue weighted by Gasteiger charge is 2.15. The van der Waals surface area contributed by atoms with E-state index in [1.165, 1.54) is 65.9 Å². The largest absolute Gasteiger partial charge is 0.309 e. The fourth-order valence-corrected chi connectivity index (χ4v) is 7.27. The second-order valence-corrected chi connectivity index (χ2v) is 11.8. The van der Waals surface area contributed by atoms with Gasteiger partial charge in [-0.15, -0.1) is 0 Å². The summed E-state index contributed by atoms with van der Waals surface area (Å²) in [5.74, 6) is 0. The van der Waals surface area contributed by atoms with Crippen LogP contribution in [0.2, 0.25) is 0 Å². The first-order chi connectivity index (χ1) is 22.8. The molecule has 2 nitrogen and oxygen atoms in total. The van der Waals surface area contributed by atoms with Crippen molar-refractivity contribution >= 4 is 49.7 Å². The molecule has 0 amide bonds. The molecule has 0 N–H and O–H groups in total. The number of hydrogen-bond donors (Lipinski definition) is 0. The minimum absolute atomic E-state index is 1.14. The van der Waals surface area contributed by atoms with Gasteiger partial charge in [-0.05, 0) is 76.3 Å². The topological polar surface area (TPSA) is 9.86 Å². The molecule has 0 saturated carbocycles. The van der Waals surface area contributed by atoms with E-state index < -0.39 is 0 Å². The maximum absolute atomic E-state index is 4.25. The zero-order valence-corrected chi connectivity index (χ0v) is 25.3. The van der Waals surface area contributed by atoms with Gasteiger partial charge < -0.3 is 9.13 Å². The van der Waals surface area contributed by atoms with Gasteiger partial charge in [-0.25, -0.2) is 0 Å². The molecule has 0 saturated heterocycles. The molecular formula is C44H30N2. The second-order valence-electron chi connectivity index (χ2n) is 11.8. The van der Waals surface area contributed by atoms with E-state index in [0.717, 1.165) is 16.9 Å². The lowest BCUT2D eigenvalue weighted by Gasteiger charge is -2.15. The highest BCUT2D eigenvalue weighted by Crippen LogP contribution is 2.37. The number of para-hydroxylation sites is 4. The molecule has 0 fully saturated rings. The van der Waals surface area contributed by atoms with Crippen molar-refractivity contribution in [2.24, 2.45) is 0 Å². The van der Waals surface area contributed by atoms with Crippen LogP contribution in [0, 0.1) is 0 Å². The van der Waals surface area contributed by atoms with Crippen molar-refractivity contribution in [3.8, 4) is 33.6 Å². The standard InChI is InChI=1S/C44H30N2/c1-2-34-35(30-22-26-32(27-23-30)45-41-18-7-3-12-37(41)38-13-4-8-19-42(38)45)16-11-17-36(34)31-24-28-33(29-25-31)46-43-20-9-5-14-39(43)40-15-6-10-21-44(40)46/h2-29H,1H2. The summed E-state index contributed by atoms with van der Waals surface area (Å²) in [7, 11) is 0. The van der Waals surface area contributed by atoms with Crippen molar-refractivity contribution in [2.45, 2.75) is 0 Å². The molecular weight excluding hydrogens is 556 g/mol. The lowest BCUT2D eigenvalue weighted by Crippen LogP contribution is -1.95. The maximum Gasteiger partial charge on any atom is 0.0541 e. The number of nitrogens with zero attached hydrogens (tertiary/aromatic N) is 2. The van der Waals surface area contributed by atoms with Crippen LogP contribution in [-0.4, -0.2) is 9.13 Å². The molecule has 0 unspecified atom stereocenters. The molecule has 2 heterocycles. The van der Waals surface area contributed by atoms with Gasteiger partial charge in [0, 0.05) is 32.9 Å². The first-order valence-electron chi connectivity index (χ1n) is 15.7. The third-order valence-corrected chi connectivity index (χ3v) is 9.34. The van der Waals surface area contributed by atoms with Gasteiger partial charge >= 0.3 is 0 Å². The van der Waals surface area contributed by atoms with E-state index in [-0.39, 0.29) is 0 Å². The van der Waals surface area contributed by atoms with Crippen molar-refractivity contribution in [1.29, 1.82) is 0 Å². The van der Waals surface area contributed by atoms with Crippen molar-refractivity contribution in [3.63, 3.8) is 0 Å². The lowest BCUT2D eigenvalue weighted by molar-refractivity contribution is 1.18. The third-order valence-electron chi connectivity index (χ3n) is 9.34. The predicted molar refractivity (Wildman–Crippen MR) is 196 cm³/mol. The average Bonchev–Trinajstić information content (AvgIpc) is 3.65. The Hall–Kier alpha value is -6.12. The molecule has 7 aromatic carbocycles. The molecule has 0 bridgehead atoms. The maximum atomic E-state index is 4.25. The smallest absolute Gasteiger partial charge is 0.0541 e. The quantitative estimate of drug-likeness (QED) is 0.190. The minimum atomic E-state index is 1.14. The summed E-state index contributed by atoms with van der Waals surface area (Å²) in [5.41, 5.74) is 13.0. The summed E-state index contributed by atoms with van der Waals surface area (Å²) in [5, 5.41) is 5.09. The normalized spacial score (nSPS) is 11.6. The molecule has 0 radical (unpaired) electrons. The Morgan fingerprint density at radius 2 is 0.674 bits per heavy atom. The number of hydrogen-bond acceptors (Lipinski definition) is 0. The molecule has 9 aromatic rings. The van der Waals surface area contributed by atoms with E-state index in [1.54, 1.807) is 0 Å². The number of fused-ring (bicyclic) bond motifs is 6. The van der Waals surface area contributed by atoms with Crippen LogP contribution in [0.3, 0.4) is 0 Å². The summed E-state index contributed by atoms with van der Waals surface area (Å²) < 4.78 is 4.72. The van der Waals surface area contributed by atoms with E-state index in [4.69, 9.17) is 0 Å². The SMILES string of the molecule is C=Cc1c(-c2ccc(-n3c4ccccc4c4ccccc43)cc2)cccc1-c1ccc(-n2c3ccccc3c3ccccc32)cc1. The van der Waals surface area contributed by atoms with Crippen LogP contribution < -0.4 is 0 Å². The van der Waals surface area contributed by atoms with Crippen LogP contribution in [0.4, 0.5) is 0 Å².